The van der Waals surface area contributed by atoms with E-state index in [1.807, 2.05) is 13.8 Å². The van der Waals surface area contributed by atoms with Crippen molar-refractivity contribution in [3.05, 3.63) is 29.3 Å². The van der Waals surface area contributed by atoms with Crippen LogP contribution >= 0.6 is 0 Å². The molecule has 6 heteroatoms. The number of hydrogen-bond acceptors (Lipinski definition) is 2. The van der Waals surface area contributed by atoms with Crippen LogP contribution in [-0.2, 0) is 6.18 Å². The molecule has 0 spiro atoms. The van der Waals surface area contributed by atoms with Gasteiger partial charge in [0.05, 0.1) is 16.8 Å². The van der Waals surface area contributed by atoms with Crippen molar-refractivity contribution in [3.63, 3.8) is 0 Å². The number of para-hydroxylation sites is 1. The largest absolute Gasteiger partial charge is 0.418 e. The van der Waals surface area contributed by atoms with Crippen molar-refractivity contribution in [3.8, 4) is 0 Å². The molecule has 116 valence electrons. The third-order valence-corrected chi connectivity index (χ3v) is 3.81. The Kier molecular flexibility index (Phi) is 3.91. The molecule has 1 aromatic rings. The third-order valence-electron chi connectivity index (χ3n) is 3.81. The monoisotopic (exact) mass is 300 g/mol. The van der Waals surface area contributed by atoms with Crippen LogP contribution in [0.3, 0.4) is 0 Å². The van der Waals surface area contributed by atoms with Crippen molar-refractivity contribution in [2.45, 2.75) is 26.4 Å². The molecule has 0 atom stereocenters. The number of nitrogens with one attached hydrogen (secondary N) is 1. The molecule has 2 rings (SSSR count). The Hall–Kier alpha value is -1.72. The van der Waals surface area contributed by atoms with Crippen LogP contribution in [-0.4, -0.2) is 30.9 Å². The predicted octanol–water partition coefficient (Wildman–Crippen LogP) is 3.62. The maximum Gasteiger partial charge on any atom is 0.418 e. The highest BCUT2D eigenvalue weighted by atomic mass is 19.4. The molecule has 1 aliphatic rings. The summed E-state index contributed by atoms with van der Waals surface area (Å²) in [6.45, 7) is 5.23. The Labute approximate surface area is 122 Å². The van der Waals surface area contributed by atoms with Gasteiger partial charge in [0.15, 0.2) is 0 Å². The van der Waals surface area contributed by atoms with Crippen molar-refractivity contribution in [2.24, 2.45) is 5.41 Å². The average Bonchev–Trinajstić information content (AvgIpc) is 2.76. The van der Waals surface area contributed by atoms with Crippen LogP contribution in [0.15, 0.2) is 18.2 Å². The summed E-state index contributed by atoms with van der Waals surface area (Å²) in [5.41, 5.74) is -0.879. The SMILES string of the molecule is CNc1c(C(=O)N2CCC(C)(C)C2)cccc1C(F)(F)F. The smallest absolute Gasteiger partial charge is 0.387 e. The minimum atomic E-state index is -4.49. The molecule has 1 aromatic carbocycles. The van der Waals surface area contributed by atoms with E-state index in [-0.39, 0.29) is 22.6 Å². The summed E-state index contributed by atoms with van der Waals surface area (Å²) < 4.78 is 39.0. The van der Waals surface area contributed by atoms with Gasteiger partial charge >= 0.3 is 6.18 Å². The molecule has 0 bridgehead atoms. The van der Waals surface area contributed by atoms with E-state index < -0.39 is 11.7 Å². The van der Waals surface area contributed by atoms with Crippen molar-refractivity contribution in [1.82, 2.24) is 4.90 Å². The van der Waals surface area contributed by atoms with E-state index in [9.17, 15) is 18.0 Å². The molecule has 0 unspecified atom stereocenters. The summed E-state index contributed by atoms with van der Waals surface area (Å²) >= 11 is 0. The maximum atomic E-state index is 13.0. The van der Waals surface area contributed by atoms with Crippen LogP contribution in [0.2, 0.25) is 0 Å². The first-order chi connectivity index (χ1) is 9.65. The molecule has 1 N–H and O–H groups in total. The van der Waals surface area contributed by atoms with Gasteiger partial charge in [0.2, 0.25) is 0 Å². The number of likely N-dealkylation sites (tertiary alicyclic amines) is 1. The molecule has 0 aromatic heterocycles. The molecule has 0 saturated carbocycles. The van der Waals surface area contributed by atoms with Gasteiger partial charge in [0, 0.05) is 20.1 Å². The first kappa shape index (κ1) is 15.7. The zero-order valence-electron chi connectivity index (χ0n) is 12.3. The molecular weight excluding hydrogens is 281 g/mol. The van der Waals surface area contributed by atoms with Crippen LogP contribution in [0, 0.1) is 5.41 Å². The lowest BCUT2D eigenvalue weighted by Gasteiger charge is -2.22. The Bertz CT molecular complexity index is 552. The second-order valence-corrected chi connectivity index (χ2v) is 6.12. The Morgan fingerprint density at radius 1 is 1.33 bits per heavy atom. The minimum Gasteiger partial charge on any atom is -0.387 e. The highest BCUT2D eigenvalue weighted by molar-refractivity contribution is 6.00. The quantitative estimate of drug-likeness (QED) is 0.904. The molecule has 1 saturated heterocycles. The highest BCUT2D eigenvalue weighted by Gasteiger charge is 2.37. The highest BCUT2D eigenvalue weighted by Crippen LogP contribution is 2.38. The lowest BCUT2D eigenvalue weighted by atomic mass is 9.93. The van der Waals surface area contributed by atoms with Crippen molar-refractivity contribution < 1.29 is 18.0 Å². The lowest BCUT2D eigenvalue weighted by Crippen LogP contribution is -2.31. The summed E-state index contributed by atoms with van der Waals surface area (Å²) in [6.07, 6.45) is -3.63. The Morgan fingerprint density at radius 2 is 2.00 bits per heavy atom. The van der Waals surface area contributed by atoms with Gasteiger partial charge in [-0.3, -0.25) is 4.79 Å². The first-order valence-electron chi connectivity index (χ1n) is 6.83. The standard InChI is InChI=1S/C15H19F3N2O/c1-14(2)7-8-20(9-14)13(21)10-5-4-6-11(12(10)19-3)15(16,17)18/h4-6,19H,7-9H2,1-3H3. The number of carbonyl (C=O) groups is 1. The summed E-state index contributed by atoms with van der Waals surface area (Å²) in [4.78, 5) is 14.1. The fourth-order valence-electron chi connectivity index (χ4n) is 2.69. The number of carbonyl (C=O) groups excluding carboxylic acids is 1. The first-order valence-corrected chi connectivity index (χ1v) is 6.83. The van der Waals surface area contributed by atoms with Gasteiger partial charge in [0.1, 0.15) is 0 Å². The van der Waals surface area contributed by atoms with Gasteiger partial charge in [-0.05, 0) is 24.0 Å². The van der Waals surface area contributed by atoms with Crippen LogP contribution in [0.1, 0.15) is 36.2 Å². The molecule has 3 nitrogen and oxygen atoms in total. The van der Waals surface area contributed by atoms with Crippen LogP contribution in [0.4, 0.5) is 18.9 Å². The predicted molar refractivity (Wildman–Crippen MR) is 75.3 cm³/mol. The summed E-state index contributed by atoms with van der Waals surface area (Å²) in [5, 5.41) is 2.53. The molecule has 1 amide bonds. The van der Waals surface area contributed by atoms with E-state index in [1.54, 1.807) is 4.90 Å². The summed E-state index contributed by atoms with van der Waals surface area (Å²) in [5.74, 6) is -0.351. The van der Waals surface area contributed by atoms with Crippen LogP contribution in [0.5, 0.6) is 0 Å². The number of anilines is 1. The maximum absolute atomic E-state index is 13.0. The van der Waals surface area contributed by atoms with E-state index in [1.165, 1.54) is 19.2 Å². The van der Waals surface area contributed by atoms with Crippen LogP contribution in [0.25, 0.3) is 0 Å². The van der Waals surface area contributed by atoms with Crippen LogP contribution < -0.4 is 5.32 Å². The van der Waals surface area contributed by atoms with Gasteiger partial charge in [0.25, 0.3) is 5.91 Å². The van der Waals surface area contributed by atoms with E-state index in [4.69, 9.17) is 0 Å². The summed E-state index contributed by atoms with van der Waals surface area (Å²) in [6, 6.07) is 3.70. The van der Waals surface area contributed by atoms with Gasteiger partial charge < -0.3 is 10.2 Å². The van der Waals surface area contributed by atoms with Crippen molar-refractivity contribution in [2.75, 3.05) is 25.5 Å². The van der Waals surface area contributed by atoms with Gasteiger partial charge in [-0.2, -0.15) is 13.2 Å². The van der Waals surface area contributed by atoms with E-state index >= 15 is 0 Å². The zero-order valence-corrected chi connectivity index (χ0v) is 12.3. The number of rotatable bonds is 2. The number of amides is 1. The number of nitrogens with zero attached hydrogens (tertiary/aromatic N) is 1. The number of halogens is 3. The van der Waals surface area contributed by atoms with Crippen molar-refractivity contribution in [1.29, 1.82) is 0 Å². The zero-order chi connectivity index (χ0) is 15.8. The number of hydrogen-bond donors (Lipinski definition) is 1. The van der Waals surface area contributed by atoms with E-state index in [0.29, 0.717) is 13.1 Å². The molecule has 21 heavy (non-hydrogen) atoms. The molecular formula is C15H19F3N2O. The minimum absolute atomic E-state index is 0.0110. The lowest BCUT2D eigenvalue weighted by molar-refractivity contribution is -0.136. The fraction of sp³-hybridized carbons (Fsp3) is 0.533. The second-order valence-electron chi connectivity index (χ2n) is 6.12. The summed E-state index contributed by atoms with van der Waals surface area (Å²) in [7, 11) is 1.40. The Balaban J connectivity index is 2.38. The van der Waals surface area contributed by atoms with Gasteiger partial charge in [-0.25, -0.2) is 0 Å². The second kappa shape index (κ2) is 5.24. The van der Waals surface area contributed by atoms with Gasteiger partial charge in [-0.1, -0.05) is 19.9 Å². The van der Waals surface area contributed by atoms with Crippen molar-refractivity contribution >= 4 is 11.6 Å². The molecule has 1 aliphatic heterocycles. The van der Waals surface area contributed by atoms with E-state index in [2.05, 4.69) is 5.32 Å². The Morgan fingerprint density at radius 3 is 2.48 bits per heavy atom. The molecule has 1 fully saturated rings. The topological polar surface area (TPSA) is 32.3 Å². The molecule has 0 aliphatic carbocycles. The number of benzene rings is 1. The fourth-order valence-corrected chi connectivity index (χ4v) is 2.69. The number of alkyl halides is 3. The molecule has 1 heterocycles. The normalized spacial score (nSPS) is 17.9. The van der Waals surface area contributed by atoms with Gasteiger partial charge in [-0.15, -0.1) is 0 Å². The third kappa shape index (κ3) is 3.14. The van der Waals surface area contributed by atoms with E-state index in [0.717, 1.165) is 12.5 Å². The average molecular weight is 300 g/mol. The molecule has 0 radical (unpaired) electrons.